The summed E-state index contributed by atoms with van der Waals surface area (Å²) in [7, 11) is -3.85. The summed E-state index contributed by atoms with van der Waals surface area (Å²) in [5.74, 6) is -0.319. The lowest BCUT2D eigenvalue weighted by atomic mass is 10.0. The molecule has 1 amide bonds. The Morgan fingerprint density at radius 2 is 1.83 bits per heavy atom. The van der Waals surface area contributed by atoms with Crippen molar-refractivity contribution in [2.75, 3.05) is 23.1 Å². The third kappa shape index (κ3) is 6.13. The Labute approximate surface area is 257 Å². The highest BCUT2D eigenvalue weighted by molar-refractivity contribution is 7.92. The predicted molar refractivity (Wildman–Crippen MR) is 171 cm³/mol. The van der Waals surface area contributed by atoms with Crippen LogP contribution in [0.1, 0.15) is 27.7 Å². The van der Waals surface area contributed by atoms with Crippen LogP contribution < -0.4 is 10.0 Å². The molecule has 0 bridgehead atoms. The molecule has 0 unspecified atom stereocenters. The number of aromatic nitrogens is 1. The molecule has 0 fully saturated rings. The molecule has 7 nitrogen and oxygen atoms in total. The zero-order valence-electron chi connectivity index (χ0n) is 21.9. The molecule has 41 heavy (non-hydrogen) atoms. The number of nitrogens with one attached hydrogen (secondary N) is 2. The topological polar surface area (TPSA) is 91.4 Å². The van der Waals surface area contributed by atoms with Crippen molar-refractivity contribution < 1.29 is 13.2 Å². The lowest BCUT2D eigenvalue weighted by Crippen LogP contribution is -2.29. The molecule has 6 rings (SSSR count). The number of anilines is 2. The number of benzene rings is 3. The minimum atomic E-state index is -3.85. The van der Waals surface area contributed by atoms with Gasteiger partial charge in [0.25, 0.3) is 15.9 Å². The molecular weight excluding hydrogens is 619 g/mol. The molecule has 0 atom stereocenters. The van der Waals surface area contributed by atoms with Crippen LogP contribution in [0.15, 0.2) is 77.7 Å². The molecular formula is C29H26Cl2N4O3S3. The maximum absolute atomic E-state index is 13.5. The van der Waals surface area contributed by atoms with Gasteiger partial charge in [-0.15, -0.1) is 35.1 Å². The van der Waals surface area contributed by atoms with Gasteiger partial charge in [0.15, 0.2) is 0 Å². The second-order valence-corrected chi connectivity index (χ2v) is 13.7. The van der Waals surface area contributed by atoms with Crippen LogP contribution in [0.25, 0.3) is 20.8 Å². The number of amides is 1. The zero-order valence-corrected chi connectivity index (χ0v) is 25.9. The number of fused-ring (bicyclic) bond motifs is 2. The van der Waals surface area contributed by atoms with E-state index >= 15 is 0 Å². The van der Waals surface area contributed by atoms with E-state index in [1.807, 2.05) is 18.2 Å². The Balaban J connectivity index is 0.00000337. The quantitative estimate of drug-likeness (QED) is 0.191. The monoisotopic (exact) mass is 644 g/mol. The summed E-state index contributed by atoms with van der Waals surface area (Å²) in [6.07, 6.45) is 0.892. The molecule has 0 radical (unpaired) electrons. The molecule has 212 valence electrons. The number of hydrogen-bond acceptors (Lipinski definition) is 7. The van der Waals surface area contributed by atoms with Crippen molar-refractivity contribution in [2.24, 2.45) is 0 Å². The van der Waals surface area contributed by atoms with E-state index in [-0.39, 0.29) is 28.9 Å². The fourth-order valence-electron chi connectivity index (χ4n) is 4.75. The number of nitrogens with zero attached hydrogens (tertiary/aromatic N) is 2. The van der Waals surface area contributed by atoms with Crippen molar-refractivity contribution in [3.05, 3.63) is 93.8 Å². The van der Waals surface area contributed by atoms with Crippen molar-refractivity contribution in [2.45, 2.75) is 24.8 Å². The molecule has 3 heterocycles. The summed E-state index contributed by atoms with van der Waals surface area (Å²) in [5, 5.41) is 5.22. The van der Waals surface area contributed by atoms with Crippen LogP contribution >= 0.6 is 46.7 Å². The van der Waals surface area contributed by atoms with Crippen molar-refractivity contribution in [1.29, 1.82) is 0 Å². The first-order valence-corrected chi connectivity index (χ1v) is 16.2. The van der Waals surface area contributed by atoms with E-state index in [4.69, 9.17) is 16.6 Å². The van der Waals surface area contributed by atoms with E-state index in [2.05, 4.69) is 27.9 Å². The minimum absolute atomic E-state index is 0. The third-order valence-corrected chi connectivity index (χ3v) is 10.7. The highest BCUT2D eigenvalue weighted by Gasteiger charge is 2.27. The first-order valence-electron chi connectivity index (χ1n) is 12.7. The number of rotatable bonds is 7. The lowest BCUT2D eigenvalue weighted by molar-refractivity contribution is 0.102. The Kier molecular flexibility index (Phi) is 8.70. The fourth-order valence-corrected chi connectivity index (χ4v) is 8.32. The van der Waals surface area contributed by atoms with Gasteiger partial charge < -0.3 is 5.32 Å². The number of thiophene rings is 1. The first-order chi connectivity index (χ1) is 19.3. The van der Waals surface area contributed by atoms with E-state index in [1.165, 1.54) is 40.8 Å². The van der Waals surface area contributed by atoms with Crippen LogP contribution in [0.5, 0.6) is 0 Å². The number of carbonyl (C=O) groups is 1. The molecule has 0 spiro atoms. The molecule has 2 N–H and O–H groups in total. The van der Waals surface area contributed by atoms with Gasteiger partial charge in [0.1, 0.15) is 10.0 Å². The van der Waals surface area contributed by atoms with E-state index in [0.29, 0.717) is 10.6 Å². The van der Waals surface area contributed by atoms with Gasteiger partial charge in [-0.05, 0) is 73.1 Å². The number of likely N-dealkylation sites (N-methyl/N-ethyl adjacent to an activating group) is 1. The Hall–Kier alpha value is -2.99. The Bertz CT molecular complexity index is 1800. The van der Waals surface area contributed by atoms with Gasteiger partial charge in [0.05, 0.1) is 15.1 Å². The normalized spacial score (nSPS) is 13.4. The molecule has 2 aromatic heterocycles. The average Bonchev–Trinajstić information content (AvgIpc) is 3.53. The maximum Gasteiger partial charge on any atom is 0.261 e. The van der Waals surface area contributed by atoms with Crippen LogP contribution in [-0.4, -0.2) is 37.3 Å². The lowest BCUT2D eigenvalue weighted by Gasteiger charge is -2.25. The summed E-state index contributed by atoms with van der Waals surface area (Å²) in [6, 6.07) is 20.4. The first kappa shape index (κ1) is 29.5. The SMILES string of the molecule is CCN1CCc2c(sc(NC(=O)c3cccc(NS(=O)(=O)c4ccc(Cl)cc4)c3)c2-c2nc3ccccc3s2)C1.Cl. The molecule has 0 saturated carbocycles. The van der Waals surface area contributed by atoms with E-state index in [0.717, 1.165) is 51.8 Å². The van der Waals surface area contributed by atoms with Crippen LogP contribution in [0.2, 0.25) is 5.02 Å². The molecule has 1 aliphatic heterocycles. The van der Waals surface area contributed by atoms with Crippen molar-refractivity contribution in [1.82, 2.24) is 9.88 Å². The summed E-state index contributed by atoms with van der Waals surface area (Å²) >= 11 is 9.11. The highest BCUT2D eigenvalue weighted by Crippen LogP contribution is 2.45. The van der Waals surface area contributed by atoms with E-state index < -0.39 is 10.0 Å². The molecule has 12 heteroatoms. The van der Waals surface area contributed by atoms with E-state index in [1.54, 1.807) is 40.9 Å². The second-order valence-electron chi connectivity index (χ2n) is 9.41. The average molecular weight is 646 g/mol. The van der Waals surface area contributed by atoms with Crippen LogP contribution in [-0.2, 0) is 23.0 Å². The minimum Gasteiger partial charge on any atom is -0.313 e. The summed E-state index contributed by atoms with van der Waals surface area (Å²) in [4.78, 5) is 22.1. The largest absolute Gasteiger partial charge is 0.313 e. The Morgan fingerprint density at radius 1 is 1.05 bits per heavy atom. The molecule has 3 aromatic carbocycles. The van der Waals surface area contributed by atoms with Gasteiger partial charge >= 0.3 is 0 Å². The van der Waals surface area contributed by atoms with Crippen molar-refractivity contribution in [3.63, 3.8) is 0 Å². The fraction of sp³-hybridized carbons (Fsp3) is 0.172. The van der Waals surface area contributed by atoms with Crippen molar-refractivity contribution in [3.8, 4) is 10.6 Å². The smallest absolute Gasteiger partial charge is 0.261 e. The maximum atomic E-state index is 13.5. The molecule has 0 aliphatic carbocycles. The van der Waals surface area contributed by atoms with Gasteiger partial charge in [-0.3, -0.25) is 14.4 Å². The zero-order chi connectivity index (χ0) is 27.9. The van der Waals surface area contributed by atoms with Gasteiger partial charge in [-0.2, -0.15) is 0 Å². The summed E-state index contributed by atoms with van der Waals surface area (Å²) in [5.41, 5.74) is 3.80. The number of sulfonamides is 1. The number of halogens is 2. The molecule has 1 aliphatic rings. The van der Waals surface area contributed by atoms with Gasteiger partial charge in [0.2, 0.25) is 0 Å². The van der Waals surface area contributed by atoms with Crippen LogP contribution in [0.4, 0.5) is 10.7 Å². The number of hydrogen-bond donors (Lipinski definition) is 2. The predicted octanol–water partition coefficient (Wildman–Crippen LogP) is 7.53. The van der Waals surface area contributed by atoms with Crippen molar-refractivity contribution >= 4 is 83.5 Å². The van der Waals surface area contributed by atoms with Gasteiger partial charge in [-0.25, -0.2) is 13.4 Å². The van der Waals surface area contributed by atoms with E-state index in [9.17, 15) is 13.2 Å². The van der Waals surface area contributed by atoms with Crippen LogP contribution in [0.3, 0.4) is 0 Å². The number of carbonyl (C=O) groups excluding carboxylic acids is 1. The number of para-hydroxylation sites is 1. The van der Waals surface area contributed by atoms with Gasteiger partial charge in [0, 0.05) is 39.8 Å². The highest BCUT2D eigenvalue weighted by atomic mass is 35.5. The number of thiazole rings is 1. The Morgan fingerprint density at radius 3 is 2.59 bits per heavy atom. The third-order valence-electron chi connectivity index (χ3n) is 6.82. The molecule has 0 saturated heterocycles. The molecule has 5 aromatic rings. The standard InChI is InChI=1S/C29H25ClN4O3S3.ClH/c1-2-34-15-14-22-25(17-34)39-29(26(22)28-31-23-8-3-4-9-24(23)38-28)32-27(35)18-6-5-7-20(16-18)33-40(36,37)21-12-10-19(30)11-13-21;/h3-13,16,33H,2,14-15,17H2,1H3,(H,32,35);1H. The summed E-state index contributed by atoms with van der Waals surface area (Å²) < 4.78 is 29.4. The van der Waals surface area contributed by atoms with Crippen LogP contribution in [0, 0.1) is 0 Å². The summed E-state index contributed by atoms with van der Waals surface area (Å²) in [6.45, 7) is 4.92. The van der Waals surface area contributed by atoms with Gasteiger partial charge in [-0.1, -0.05) is 36.7 Å². The second kappa shape index (κ2) is 12.1.